The maximum absolute atomic E-state index is 12.3. The Hall–Kier alpha value is -1.21. The number of carbonyl (C=O) groups is 1. The first kappa shape index (κ1) is 19.1. The molecule has 2 aromatic rings. The van der Waals surface area contributed by atoms with Crippen LogP contribution in [0.5, 0.6) is 5.88 Å². The van der Waals surface area contributed by atoms with Crippen LogP contribution in [0.2, 0.25) is 0 Å². The second-order valence-corrected chi connectivity index (χ2v) is 7.86. The van der Waals surface area contributed by atoms with Crippen molar-refractivity contribution in [1.29, 1.82) is 0 Å². The van der Waals surface area contributed by atoms with Crippen molar-refractivity contribution in [2.75, 3.05) is 6.26 Å². The van der Waals surface area contributed by atoms with Crippen molar-refractivity contribution in [2.45, 2.75) is 22.1 Å². The molecule has 1 amide bonds. The predicted molar refractivity (Wildman–Crippen MR) is 97.2 cm³/mol. The highest BCUT2D eigenvalue weighted by Crippen LogP contribution is 2.32. The summed E-state index contributed by atoms with van der Waals surface area (Å²) < 4.78 is 3.72. The molecule has 24 heavy (non-hydrogen) atoms. The summed E-state index contributed by atoms with van der Waals surface area (Å²) in [5.41, 5.74) is 1.12. The van der Waals surface area contributed by atoms with Crippen LogP contribution in [0.4, 0.5) is 0 Å². The number of alkyl halides is 3. The standard InChI is InChI=1S/C15H14Cl3N3O2S/c1-9-8-11(20-14(19-9)24-2)23-13(15(16,17)18)21-12(22)10-6-4-3-5-7-10/h3-8,13H,1-2H3,(H,21,22)/t13-/m0/s1. The van der Waals surface area contributed by atoms with Gasteiger partial charge < -0.3 is 10.1 Å². The molecule has 128 valence electrons. The summed E-state index contributed by atoms with van der Waals surface area (Å²) >= 11 is 19.2. The van der Waals surface area contributed by atoms with Gasteiger partial charge in [0.2, 0.25) is 15.9 Å². The smallest absolute Gasteiger partial charge is 0.254 e. The lowest BCUT2D eigenvalue weighted by Crippen LogP contribution is -2.48. The highest BCUT2D eigenvalue weighted by atomic mass is 35.6. The van der Waals surface area contributed by atoms with Crippen molar-refractivity contribution in [3.8, 4) is 5.88 Å². The van der Waals surface area contributed by atoms with Crippen molar-refractivity contribution >= 4 is 52.5 Å². The van der Waals surface area contributed by atoms with Crippen LogP contribution in [0.25, 0.3) is 0 Å². The van der Waals surface area contributed by atoms with Crippen LogP contribution < -0.4 is 10.1 Å². The molecule has 0 fully saturated rings. The Kier molecular flexibility index (Phi) is 6.57. The second-order valence-electron chi connectivity index (χ2n) is 4.71. The topological polar surface area (TPSA) is 64.1 Å². The molecule has 0 unspecified atom stereocenters. The minimum atomic E-state index is -1.89. The number of halogens is 3. The summed E-state index contributed by atoms with van der Waals surface area (Å²) in [5, 5.41) is 3.07. The minimum absolute atomic E-state index is 0.205. The van der Waals surface area contributed by atoms with Gasteiger partial charge in [0.1, 0.15) is 0 Å². The van der Waals surface area contributed by atoms with Crippen LogP contribution in [0.1, 0.15) is 16.1 Å². The Morgan fingerprint density at radius 3 is 2.50 bits per heavy atom. The Morgan fingerprint density at radius 1 is 1.25 bits per heavy atom. The zero-order valence-electron chi connectivity index (χ0n) is 12.8. The van der Waals surface area contributed by atoms with Gasteiger partial charge in [-0.3, -0.25) is 4.79 Å². The van der Waals surface area contributed by atoms with Crippen LogP contribution in [-0.4, -0.2) is 32.2 Å². The quantitative estimate of drug-likeness (QED) is 0.352. The van der Waals surface area contributed by atoms with Crippen molar-refractivity contribution < 1.29 is 9.53 Å². The Balaban J connectivity index is 2.21. The Bertz CT molecular complexity index is 711. The average molecular weight is 407 g/mol. The number of nitrogens with zero attached hydrogens (tertiary/aromatic N) is 2. The number of hydrogen-bond acceptors (Lipinski definition) is 5. The number of nitrogens with one attached hydrogen (secondary N) is 1. The first-order valence-electron chi connectivity index (χ1n) is 6.78. The fourth-order valence-corrected chi connectivity index (χ4v) is 2.47. The molecular formula is C15H14Cl3N3O2S. The highest BCUT2D eigenvalue weighted by Gasteiger charge is 2.36. The fraction of sp³-hybridized carbons (Fsp3) is 0.267. The molecular weight excluding hydrogens is 393 g/mol. The Labute approximate surface area is 159 Å². The number of benzene rings is 1. The van der Waals surface area contributed by atoms with Crippen molar-refractivity contribution in [3.05, 3.63) is 47.7 Å². The van der Waals surface area contributed by atoms with Gasteiger partial charge in [-0.15, -0.1) is 0 Å². The van der Waals surface area contributed by atoms with Crippen LogP contribution in [0, 0.1) is 6.92 Å². The first-order chi connectivity index (χ1) is 11.3. The lowest BCUT2D eigenvalue weighted by molar-refractivity contribution is 0.0824. The van der Waals surface area contributed by atoms with E-state index in [0.29, 0.717) is 16.4 Å². The maximum Gasteiger partial charge on any atom is 0.254 e. The third-order valence-corrected chi connectivity index (χ3v) is 3.97. The molecule has 1 aromatic carbocycles. The summed E-state index contributed by atoms with van der Waals surface area (Å²) in [7, 11) is 0. The van der Waals surface area contributed by atoms with Crippen molar-refractivity contribution in [3.63, 3.8) is 0 Å². The zero-order chi connectivity index (χ0) is 17.7. The summed E-state index contributed by atoms with van der Waals surface area (Å²) in [6.07, 6.45) is 0.613. The van der Waals surface area contributed by atoms with Crippen LogP contribution in [0.15, 0.2) is 41.6 Å². The van der Waals surface area contributed by atoms with Gasteiger partial charge in [0.25, 0.3) is 5.91 Å². The van der Waals surface area contributed by atoms with E-state index in [9.17, 15) is 4.79 Å². The van der Waals surface area contributed by atoms with Gasteiger partial charge in [-0.05, 0) is 25.3 Å². The number of aryl methyl sites for hydroxylation is 1. The fourth-order valence-electron chi connectivity index (χ4n) is 1.76. The molecule has 9 heteroatoms. The van der Waals surface area contributed by atoms with E-state index in [2.05, 4.69) is 15.3 Å². The lowest BCUT2D eigenvalue weighted by atomic mass is 10.2. The van der Waals surface area contributed by atoms with E-state index in [1.165, 1.54) is 11.8 Å². The molecule has 0 aliphatic carbocycles. The van der Waals surface area contributed by atoms with E-state index in [-0.39, 0.29) is 5.88 Å². The van der Waals surface area contributed by atoms with E-state index in [1.807, 2.05) is 6.26 Å². The van der Waals surface area contributed by atoms with E-state index in [1.54, 1.807) is 43.3 Å². The van der Waals surface area contributed by atoms with Crippen LogP contribution in [-0.2, 0) is 0 Å². The monoisotopic (exact) mass is 405 g/mol. The maximum atomic E-state index is 12.3. The molecule has 1 aromatic heterocycles. The van der Waals surface area contributed by atoms with Crippen LogP contribution >= 0.6 is 46.6 Å². The van der Waals surface area contributed by atoms with Gasteiger partial charge in [-0.1, -0.05) is 64.8 Å². The number of ether oxygens (including phenoxy) is 1. The molecule has 2 rings (SSSR count). The highest BCUT2D eigenvalue weighted by molar-refractivity contribution is 7.98. The van der Waals surface area contributed by atoms with Crippen LogP contribution in [0.3, 0.4) is 0 Å². The van der Waals surface area contributed by atoms with E-state index >= 15 is 0 Å². The van der Waals surface area contributed by atoms with Gasteiger partial charge in [-0.2, -0.15) is 4.98 Å². The molecule has 0 saturated carbocycles. The molecule has 1 atom stereocenters. The third kappa shape index (κ3) is 5.41. The lowest BCUT2D eigenvalue weighted by Gasteiger charge is -2.25. The van der Waals surface area contributed by atoms with Gasteiger partial charge in [-0.25, -0.2) is 4.98 Å². The number of rotatable bonds is 5. The molecule has 0 spiro atoms. The van der Waals surface area contributed by atoms with E-state index < -0.39 is 15.9 Å². The Morgan fingerprint density at radius 2 is 1.92 bits per heavy atom. The van der Waals surface area contributed by atoms with Gasteiger partial charge >= 0.3 is 0 Å². The SMILES string of the molecule is CSc1nc(C)cc(O[C@H](NC(=O)c2ccccc2)C(Cl)(Cl)Cl)n1. The second kappa shape index (κ2) is 8.25. The molecule has 1 N–H and O–H groups in total. The summed E-state index contributed by atoms with van der Waals surface area (Å²) in [6.45, 7) is 1.79. The van der Waals surface area contributed by atoms with Gasteiger partial charge in [0, 0.05) is 17.3 Å². The third-order valence-electron chi connectivity index (χ3n) is 2.83. The molecule has 0 radical (unpaired) electrons. The summed E-state index contributed by atoms with van der Waals surface area (Å²) in [6, 6.07) is 10.2. The van der Waals surface area contributed by atoms with E-state index in [0.717, 1.165) is 0 Å². The van der Waals surface area contributed by atoms with Gasteiger partial charge in [0.15, 0.2) is 5.16 Å². The molecule has 0 aliphatic rings. The normalized spacial score (nSPS) is 12.5. The number of thioether (sulfide) groups is 1. The first-order valence-corrected chi connectivity index (χ1v) is 9.14. The average Bonchev–Trinajstić information content (AvgIpc) is 2.53. The largest absolute Gasteiger partial charge is 0.449 e. The number of hydrogen-bond donors (Lipinski definition) is 1. The molecule has 0 aliphatic heterocycles. The number of carbonyl (C=O) groups excluding carboxylic acids is 1. The van der Waals surface area contributed by atoms with Crippen molar-refractivity contribution in [1.82, 2.24) is 15.3 Å². The summed E-state index contributed by atoms with van der Waals surface area (Å²) in [5.74, 6) is -0.223. The molecule has 1 heterocycles. The zero-order valence-corrected chi connectivity index (χ0v) is 15.9. The summed E-state index contributed by atoms with van der Waals surface area (Å²) in [4.78, 5) is 20.7. The number of aromatic nitrogens is 2. The number of amides is 1. The minimum Gasteiger partial charge on any atom is -0.449 e. The van der Waals surface area contributed by atoms with Crippen molar-refractivity contribution in [2.24, 2.45) is 0 Å². The predicted octanol–water partition coefficient (Wildman–Crippen LogP) is 4.01. The molecule has 0 bridgehead atoms. The molecule has 0 saturated heterocycles. The van der Waals surface area contributed by atoms with Gasteiger partial charge in [0.05, 0.1) is 0 Å². The van der Waals surface area contributed by atoms with E-state index in [4.69, 9.17) is 39.5 Å². The molecule has 5 nitrogen and oxygen atoms in total.